The van der Waals surface area contributed by atoms with Gasteiger partial charge in [0.05, 0.1) is 35.0 Å². The molecule has 1 aliphatic heterocycles. The van der Waals surface area contributed by atoms with Gasteiger partial charge in [0, 0.05) is 30.9 Å². The average Bonchev–Trinajstić information content (AvgIpc) is 3.50. The molecule has 3 aromatic heterocycles. The van der Waals surface area contributed by atoms with Crippen LogP contribution in [-0.2, 0) is 9.47 Å². The molecule has 1 aliphatic carbocycles. The number of carbonyl (C=O) groups is 2. The van der Waals surface area contributed by atoms with Crippen molar-refractivity contribution < 1.29 is 28.2 Å². The van der Waals surface area contributed by atoms with Crippen LogP contribution in [0.3, 0.4) is 0 Å². The summed E-state index contributed by atoms with van der Waals surface area (Å²) in [6.07, 6.45) is 3.79. The lowest BCUT2D eigenvalue weighted by Gasteiger charge is -2.25. The highest BCUT2D eigenvalue weighted by atomic mass is 19.1. The quantitative estimate of drug-likeness (QED) is 0.268. The van der Waals surface area contributed by atoms with Gasteiger partial charge in [-0.25, -0.2) is 23.9 Å². The SMILES string of the molecule is Cc1ncc(Oc2nc(N3CC(NC(=O)OC(C)(C)C)C4(CC4)C3)c3c(n2)[nH]c2c(N(C)C(=O)OC(C)(C)C)cc(F)cc23)cn1. The summed E-state index contributed by atoms with van der Waals surface area (Å²) >= 11 is 0. The Bertz CT molecular complexity index is 1830. The number of carbonyl (C=O) groups excluding carboxylic acids is 2. The second-order valence-electron chi connectivity index (χ2n) is 14.1. The van der Waals surface area contributed by atoms with Crippen LogP contribution in [0, 0.1) is 18.2 Å². The number of hydrogen-bond donors (Lipinski definition) is 2. The van der Waals surface area contributed by atoms with E-state index in [0.717, 1.165) is 12.8 Å². The minimum atomic E-state index is -0.749. The van der Waals surface area contributed by atoms with Gasteiger partial charge in [0.1, 0.15) is 34.3 Å². The van der Waals surface area contributed by atoms with Crippen LogP contribution in [0.2, 0.25) is 0 Å². The number of nitrogens with zero attached hydrogens (tertiary/aromatic N) is 6. The van der Waals surface area contributed by atoms with Gasteiger partial charge >= 0.3 is 18.2 Å². The maximum absolute atomic E-state index is 15.3. The van der Waals surface area contributed by atoms with Crippen molar-refractivity contribution in [2.45, 2.75) is 78.6 Å². The summed E-state index contributed by atoms with van der Waals surface area (Å²) in [7, 11) is 1.52. The van der Waals surface area contributed by atoms with Crippen LogP contribution in [0.15, 0.2) is 24.5 Å². The lowest BCUT2D eigenvalue weighted by Crippen LogP contribution is -2.44. The summed E-state index contributed by atoms with van der Waals surface area (Å²) in [5.74, 6) is 0.869. The number of nitrogens with one attached hydrogen (secondary N) is 2. The van der Waals surface area contributed by atoms with Gasteiger partial charge in [0.15, 0.2) is 5.75 Å². The molecule has 4 aromatic rings. The molecule has 0 radical (unpaired) electrons. The first-order chi connectivity index (χ1) is 21.5. The number of anilines is 2. The molecular weight excluding hydrogens is 595 g/mol. The number of H-pyrrole nitrogens is 1. The van der Waals surface area contributed by atoms with Crippen LogP contribution in [0.5, 0.6) is 11.8 Å². The molecule has 13 nitrogen and oxygen atoms in total. The Hall–Kier alpha value is -4.75. The first kappa shape index (κ1) is 31.2. The maximum Gasteiger partial charge on any atom is 0.414 e. The molecule has 1 aromatic carbocycles. The molecule has 1 saturated heterocycles. The molecule has 6 rings (SSSR count). The van der Waals surface area contributed by atoms with Crippen LogP contribution in [0.4, 0.5) is 25.5 Å². The number of aromatic amines is 1. The Morgan fingerprint density at radius 3 is 2.37 bits per heavy atom. The topological polar surface area (TPSA) is 148 Å². The maximum atomic E-state index is 15.3. The van der Waals surface area contributed by atoms with Crippen molar-refractivity contribution in [3.63, 3.8) is 0 Å². The van der Waals surface area contributed by atoms with Gasteiger partial charge in [-0.05, 0) is 73.4 Å². The molecule has 244 valence electrons. The Kier molecular flexibility index (Phi) is 7.44. The standard InChI is InChI=1S/C32H39FN8O5/c1-17-34-13-19(14-35-17)44-27-38-25-23(20-11-18(33)12-21(24(20)37-25)40(8)29(43)46-31(5,6)7)26(39-27)41-15-22(32(16-41)9-10-32)36-28(42)45-30(2,3)4/h11-14,22H,9-10,15-16H2,1-8H3,(H,36,42)(H,37,38,39). The number of aromatic nitrogens is 5. The number of ether oxygens (including phenoxy) is 3. The normalized spacial score (nSPS) is 17.4. The van der Waals surface area contributed by atoms with Gasteiger partial charge < -0.3 is 29.4 Å². The van der Waals surface area contributed by atoms with Crippen LogP contribution >= 0.6 is 0 Å². The Balaban J connectivity index is 1.45. The van der Waals surface area contributed by atoms with Crippen molar-refractivity contribution in [1.82, 2.24) is 30.2 Å². The van der Waals surface area contributed by atoms with Crippen molar-refractivity contribution in [2.75, 3.05) is 29.9 Å². The third-order valence-corrected chi connectivity index (χ3v) is 7.99. The van der Waals surface area contributed by atoms with Gasteiger partial charge in [-0.2, -0.15) is 9.97 Å². The number of halogens is 1. The molecule has 4 heterocycles. The van der Waals surface area contributed by atoms with Crippen molar-refractivity contribution in [2.24, 2.45) is 5.41 Å². The van der Waals surface area contributed by atoms with Gasteiger partial charge in [0.25, 0.3) is 0 Å². The molecule has 14 heteroatoms. The fourth-order valence-corrected chi connectivity index (χ4v) is 5.76. The van der Waals surface area contributed by atoms with Gasteiger partial charge in [0.2, 0.25) is 0 Å². The third-order valence-electron chi connectivity index (χ3n) is 7.99. The monoisotopic (exact) mass is 634 g/mol. The molecule has 1 spiro atoms. The average molecular weight is 635 g/mol. The van der Waals surface area contributed by atoms with E-state index in [2.05, 4.69) is 30.2 Å². The van der Waals surface area contributed by atoms with E-state index in [1.165, 1.54) is 36.5 Å². The van der Waals surface area contributed by atoms with Crippen LogP contribution < -0.4 is 19.9 Å². The zero-order chi connectivity index (χ0) is 33.2. The van der Waals surface area contributed by atoms with Crippen molar-refractivity contribution in [1.29, 1.82) is 0 Å². The zero-order valence-corrected chi connectivity index (χ0v) is 27.3. The van der Waals surface area contributed by atoms with Crippen molar-refractivity contribution in [3.05, 3.63) is 36.2 Å². The van der Waals surface area contributed by atoms with Crippen LogP contribution in [-0.4, -0.2) is 74.5 Å². The molecule has 1 saturated carbocycles. The van der Waals surface area contributed by atoms with E-state index in [1.807, 2.05) is 20.8 Å². The molecule has 0 bridgehead atoms. The minimum absolute atomic E-state index is 0.0254. The highest BCUT2D eigenvalue weighted by Gasteiger charge is 2.56. The summed E-state index contributed by atoms with van der Waals surface area (Å²) < 4.78 is 32.4. The molecule has 1 atom stereocenters. The van der Waals surface area contributed by atoms with E-state index in [9.17, 15) is 9.59 Å². The molecule has 1 unspecified atom stereocenters. The Morgan fingerprint density at radius 2 is 1.74 bits per heavy atom. The predicted octanol–water partition coefficient (Wildman–Crippen LogP) is 6.01. The Labute approximate surface area is 265 Å². The van der Waals surface area contributed by atoms with Gasteiger partial charge in [-0.3, -0.25) is 4.90 Å². The first-order valence-corrected chi connectivity index (χ1v) is 15.2. The van der Waals surface area contributed by atoms with E-state index in [0.29, 0.717) is 52.4 Å². The molecule has 2 N–H and O–H groups in total. The summed E-state index contributed by atoms with van der Waals surface area (Å²) in [5, 5.41) is 4.10. The molecule has 2 amide bonds. The smallest absolute Gasteiger partial charge is 0.414 e. The number of amides is 2. The summed E-state index contributed by atoms with van der Waals surface area (Å²) in [5.41, 5.74) is -0.420. The minimum Gasteiger partial charge on any atom is -0.444 e. The molecule has 2 fully saturated rings. The number of fused-ring (bicyclic) bond motifs is 3. The Morgan fingerprint density at radius 1 is 1.07 bits per heavy atom. The zero-order valence-electron chi connectivity index (χ0n) is 27.3. The fraction of sp³-hybridized carbons (Fsp3) is 0.500. The first-order valence-electron chi connectivity index (χ1n) is 15.2. The number of aryl methyl sites for hydroxylation is 1. The summed E-state index contributed by atoms with van der Waals surface area (Å²) in [6.45, 7) is 13.6. The molecule has 46 heavy (non-hydrogen) atoms. The third kappa shape index (κ3) is 6.33. The second kappa shape index (κ2) is 11.0. The van der Waals surface area contributed by atoms with Crippen LogP contribution in [0.1, 0.15) is 60.2 Å². The molecular formula is C32H39FN8O5. The van der Waals surface area contributed by atoms with Crippen molar-refractivity contribution >= 4 is 45.6 Å². The van der Waals surface area contributed by atoms with Gasteiger partial charge in [-0.15, -0.1) is 0 Å². The van der Waals surface area contributed by atoms with Gasteiger partial charge in [-0.1, -0.05) is 0 Å². The largest absolute Gasteiger partial charge is 0.444 e. The molecule has 2 aliphatic rings. The number of benzene rings is 1. The van der Waals surface area contributed by atoms with Crippen LogP contribution in [0.25, 0.3) is 21.9 Å². The lowest BCUT2D eigenvalue weighted by molar-refractivity contribution is 0.0492. The highest BCUT2D eigenvalue weighted by molar-refractivity contribution is 6.16. The van der Waals surface area contributed by atoms with Crippen molar-refractivity contribution in [3.8, 4) is 11.8 Å². The van der Waals surface area contributed by atoms with E-state index in [4.69, 9.17) is 19.2 Å². The lowest BCUT2D eigenvalue weighted by atomic mass is 10.0. The predicted molar refractivity (Wildman–Crippen MR) is 170 cm³/mol. The fourth-order valence-electron chi connectivity index (χ4n) is 5.76. The van der Waals surface area contributed by atoms with E-state index in [-0.39, 0.29) is 23.2 Å². The van der Waals surface area contributed by atoms with E-state index < -0.39 is 29.2 Å². The number of rotatable bonds is 5. The number of alkyl carbamates (subject to hydrolysis) is 1. The summed E-state index contributed by atoms with van der Waals surface area (Å²) in [6, 6.07) is 2.49. The second-order valence-corrected chi connectivity index (χ2v) is 14.1. The van der Waals surface area contributed by atoms with E-state index >= 15 is 4.39 Å². The van der Waals surface area contributed by atoms with E-state index in [1.54, 1.807) is 27.7 Å². The number of hydrogen-bond acceptors (Lipinski definition) is 10. The highest BCUT2D eigenvalue weighted by Crippen LogP contribution is 2.54. The summed E-state index contributed by atoms with van der Waals surface area (Å²) in [4.78, 5) is 50.3.